The molecule has 0 unspecified atom stereocenters. The van der Waals surface area contributed by atoms with Crippen molar-refractivity contribution in [3.8, 4) is 0 Å². The number of ketones is 1. The van der Waals surface area contributed by atoms with Gasteiger partial charge in [-0.05, 0) is 46.1 Å². The predicted octanol–water partition coefficient (Wildman–Crippen LogP) is 8.02. The zero-order chi connectivity index (χ0) is 25.4. The maximum Gasteiger partial charge on any atom is 0.201 e. The molecular formula is C27H54O4Si2. The standard InChI is InChI=1S/C27H54O4Si2/c1-18(2)32(19(3)4,20(5)6)30-24-16-27(15-13-14-26(27)28)29-17-25(24)31-33(21(7)8,22(9)10)23(11)12/h18-25H,13-17H2,1-12H3/t24-,25-,27+/m1/s1. The van der Waals surface area contributed by atoms with Crippen LogP contribution in [-0.4, -0.2) is 46.8 Å². The van der Waals surface area contributed by atoms with E-state index in [1.807, 2.05) is 0 Å². The van der Waals surface area contributed by atoms with E-state index in [1.165, 1.54) is 0 Å². The van der Waals surface area contributed by atoms with Crippen LogP contribution < -0.4 is 0 Å². The fourth-order valence-electron chi connectivity index (χ4n) is 7.70. The molecule has 4 nitrogen and oxygen atoms in total. The predicted molar refractivity (Wildman–Crippen MR) is 144 cm³/mol. The van der Waals surface area contributed by atoms with Crippen LogP contribution in [0.15, 0.2) is 0 Å². The van der Waals surface area contributed by atoms with Crippen molar-refractivity contribution >= 4 is 22.4 Å². The average molecular weight is 499 g/mol. The van der Waals surface area contributed by atoms with E-state index in [2.05, 4.69) is 83.1 Å². The molecule has 3 atom stereocenters. The van der Waals surface area contributed by atoms with E-state index in [0.717, 1.165) is 12.8 Å². The summed E-state index contributed by atoms with van der Waals surface area (Å²) in [6.45, 7) is 28.5. The fraction of sp³-hybridized carbons (Fsp3) is 0.963. The number of rotatable bonds is 10. The number of ether oxygens (including phenoxy) is 1. The van der Waals surface area contributed by atoms with Crippen molar-refractivity contribution in [2.24, 2.45) is 0 Å². The lowest BCUT2D eigenvalue weighted by atomic mass is 9.88. The molecule has 194 valence electrons. The summed E-state index contributed by atoms with van der Waals surface area (Å²) in [6.07, 6.45) is 2.91. The van der Waals surface area contributed by atoms with Crippen molar-refractivity contribution in [3.05, 3.63) is 0 Å². The van der Waals surface area contributed by atoms with Gasteiger partial charge in [0.2, 0.25) is 16.6 Å². The SMILES string of the molecule is CC(C)[Si](O[C@@H]1CO[C@@]2(CCCC2=O)C[C@H]1O[Si](C(C)C)(C(C)C)C(C)C)(C(C)C)C(C)C. The minimum absolute atomic E-state index is 0.0669. The van der Waals surface area contributed by atoms with Crippen LogP contribution >= 0.6 is 0 Å². The van der Waals surface area contributed by atoms with E-state index in [0.29, 0.717) is 52.7 Å². The van der Waals surface area contributed by atoms with E-state index in [4.69, 9.17) is 13.6 Å². The van der Waals surface area contributed by atoms with Crippen LogP contribution in [0.4, 0.5) is 0 Å². The highest BCUT2D eigenvalue weighted by Gasteiger charge is 2.56. The molecule has 0 aromatic heterocycles. The third-order valence-corrected chi connectivity index (χ3v) is 21.3. The third kappa shape index (κ3) is 5.25. The Morgan fingerprint density at radius 2 is 1.12 bits per heavy atom. The summed E-state index contributed by atoms with van der Waals surface area (Å²) in [5.74, 6) is 0.278. The highest BCUT2D eigenvalue weighted by Crippen LogP contribution is 2.49. The van der Waals surface area contributed by atoms with Crippen LogP contribution in [0.1, 0.15) is 109 Å². The Morgan fingerprint density at radius 3 is 1.45 bits per heavy atom. The van der Waals surface area contributed by atoms with Crippen molar-refractivity contribution in [2.75, 3.05) is 6.61 Å². The Bertz CT molecular complexity index is 615. The van der Waals surface area contributed by atoms with Gasteiger partial charge in [0.25, 0.3) is 0 Å². The molecule has 0 aromatic rings. The molecule has 0 amide bonds. The van der Waals surface area contributed by atoms with Gasteiger partial charge < -0.3 is 13.6 Å². The molecule has 0 N–H and O–H groups in total. The van der Waals surface area contributed by atoms with Gasteiger partial charge in [0.15, 0.2) is 5.78 Å². The van der Waals surface area contributed by atoms with Crippen molar-refractivity contribution in [3.63, 3.8) is 0 Å². The first-order chi connectivity index (χ1) is 15.2. The second-order valence-corrected chi connectivity index (χ2v) is 23.5. The fourth-order valence-corrected chi connectivity index (χ4v) is 18.8. The summed E-state index contributed by atoms with van der Waals surface area (Å²) in [7, 11) is -4.25. The molecule has 2 fully saturated rings. The maximum atomic E-state index is 13.0. The number of carbonyl (C=O) groups excluding carboxylic acids is 1. The molecule has 2 rings (SSSR count). The molecule has 1 heterocycles. The molecule has 0 radical (unpaired) electrons. The molecule has 2 aliphatic rings. The van der Waals surface area contributed by atoms with Crippen LogP contribution in [0.5, 0.6) is 0 Å². The molecule has 6 heteroatoms. The Kier molecular flexibility index (Phi) is 9.68. The minimum atomic E-state index is -2.13. The van der Waals surface area contributed by atoms with Crippen molar-refractivity contribution < 1.29 is 18.4 Å². The Hall–Kier alpha value is -0.0162. The van der Waals surface area contributed by atoms with Gasteiger partial charge in [-0.15, -0.1) is 0 Å². The Labute approximate surface area is 207 Å². The molecule has 1 spiro atoms. The van der Waals surface area contributed by atoms with Gasteiger partial charge in [-0.3, -0.25) is 4.79 Å². The van der Waals surface area contributed by atoms with Crippen LogP contribution in [0.25, 0.3) is 0 Å². The van der Waals surface area contributed by atoms with Crippen molar-refractivity contribution in [2.45, 2.75) is 160 Å². The Balaban J connectivity index is 2.51. The summed E-state index contributed by atoms with van der Waals surface area (Å²) < 4.78 is 21.1. The van der Waals surface area contributed by atoms with Crippen LogP contribution in [0.2, 0.25) is 33.2 Å². The number of carbonyl (C=O) groups is 1. The third-order valence-electron chi connectivity index (χ3n) is 9.09. The van der Waals surface area contributed by atoms with Gasteiger partial charge in [-0.2, -0.15) is 0 Å². The summed E-state index contributed by atoms with van der Waals surface area (Å²) in [6, 6.07) is 0. The van der Waals surface area contributed by atoms with Gasteiger partial charge in [0, 0.05) is 12.8 Å². The second kappa shape index (κ2) is 10.9. The molecule has 33 heavy (non-hydrogen) atoms. The summed E-state index contributed by atoms with van der Waals surface area (Å²) in [5, 5.41) is 0. The van der Waals surface area contributed by atoms with Gasteiger partial charge >= 0.3 is 0 Å². The summed E-state index contributed by atoms with van der Waals surface area (Å²) in [4.78, 5) is 13.0. The maximum absolute atomic E-state index is 13.0. The zero-order valence-electron chi connectivity index (χ0n) is 23.8. The number of Topliss-reactive ketones (excluding diaryl/α,β-unsaturated/α-hetero) is 1. The van der Waals surface area contributed by atoms with Crippen LogP contribution in [0.3, 0.4) is 0 Å². The zero-order valence-corrected chi connectivity index (χ0v) is 25.8. The smallest absolute Gasteiger partial charge is 0.201 e. The lowest BCUT2D eigenvalue weighted by Gasteiger charge is -2.52. The van der Waals surface area contributed by atoms with Crippen LogP contribution in [0, 0.1) is 0 Å². The van der Waals surface area contributed by atoms with E-state index in [1.54, 1.807) is 0 Å². The largest absolute Gasteiger partial charge is 0.410 e. The van der Waals surface area contributed by atoms with Crippen molar-refractivity contribution in [1.82, 2.24) is 0 Å². The van der Waals surface area contributed by atoms with E-state index >= 15 is 0 Å². The van der Waals surface area contributed by atoms with E-state index in [9.17, 15) is 4.79 Å². The number of hydrogen-bond donors (Lipinski definition) is 0. The van der Waals surface area contributed by atoms with Gasteiger partial charge in [-0.25, -0.2) is 0 Å². The highest BCUT2D eigenvalue weighted by molar-refractivity contribution is 6.78. The second-order valence-electron chi connectivity index (χ2n) is 12.7. The Morgan fingerprint density at radius 1 is 0.727 bits per heavy atom. The molecular weight excluding hydrogens is 444 g/mol. The molecule has 1 saturated carbocycles. The topological polar surface area (TPSA) is 44.8 Å². The number of hydrogen-bond acceptors (Lipinski definition) is 4. The molecule has 1 aliphatic heterocycles. The summed E-state index contributed by atoms with van der Waals surface area (Å²) in [5.41, 5.74) is 2.36. The average Bonchev–Trinajstić information content (AvgIpc) is 3.03. The van der Waals surface area contributed by atoms with Crippen LogP contribution in [-0.2, 0) is 18.4 Å². The quantitative estimate of drug-likeness (QED) is 0.286. The monoisotopic (exact) mass is 498 g/mol. The molecule has 1 aliphatic carbocycles. The lowest BCUT2D eigenvalue weighted by molar-refractivity contribution is -0.174. The first-order valence-electron chi connectivity index (χ1n) is 13.7. The summed E-state index contributed by atoms with van der Waals surface area (Å²) >= 11 is 0. The minimum Gasteiger partial charge on any atom is -0.410 e. The van der Waals surface area contributed by atoms with Gasteiger partial charge in [0.1, 0.15) is 5.60 Å². The van der Waals surface area contributed by atoms with E-state index < -0.39 is 22.2 Å². The molecule has 0 aromatic carbocycles. The lowest BCUT2D eigenvalue weighted by Crippen LogP contribution is -2.62. The van der Waals surface area contributed by atoms with Gasteiger partial charge in [-0.1, -0.05) is 83.1 Å². The normalized spacial score (nSPS) is 27.5. The van der Waals surface area contributed by atoms with Gasteiger partial charge in [0.05, 0.1) is 18.8 Å². The molecule has 0 bridgehead atoms. The first kappa shape index (κ1) is 29.2. The highest BCUT2D eigenvalue weighted by atomic mass is 28.4. The first-order valence-corrected chi connectivity index (χ1v) is 18.0. The molecule has 1 saturated heterocycles. The van der Waals surface area contributed by atoms with Crippen molar-refractivity contribution in [1.29, 1.82) is 0 Å². The van der Waals surface area contributed by atoms with E-state index in [-0.39, 0.29) is 18.0 Å².